The van der Waals surface area contributed by atoms with Crippen molar-refractivity contribution in [2.75, 3.05) is 31.5 Å². The first-order valence-corrected chi connectivity index (χ1v) is 7.35. The molecule has 1 aromatic carbocycles. The van der Waals surface area contributed by atoms with E-state index < -0.39 is 0 Å². The van der Waals surface area contributed by atoms with Crippen molar-refractivity contribution in [1.29, 1.82) is 0 Å². The topological polar surface area (TPSA) is 35.5 Å². The van der Waals surface area contributed by atoms with Gasteiger partial charge in [0.15, 0.2) is 0 Å². The summed E-state index contributed by atoms with van der Waals surface area (Å²) in [5, 5.41) is 13.3. The summed E-state index contributed by atoms with van der Waals surface area (Å²) in [5.41, 5.74) is 2.27. The molecule has 3 nitrogen and oxygen atoms in total. The molecule has 1 aliphatic rings. The molecule has 0 radical (unpaired) electrons. The van der Waals surface area contributed by atoms with Crippen molar-refractivity contribution in [1.82, 2.24) is 4.90 Å². The van der Waals surface area contributed by atoms with Gasteiger partial charge in [0.05, 0.1) is 6.10 Å². The monoisotopic (exact) mass is 312 g/mol. The van der Waals surface area contributed by atoms with E-state index in [4.69, 9.17) is 0 Å². The number of aryl methyl sites for hydroxylation is 1. The number of nitrogens with one attached hydrogen (secondary N) is 1. The zero-order chi connectivity index (χ0) is 13.0. The fourth-order valence-corrected chi connectivity index (χ4v) is 2.56. The van der Waals surface area contributed by atoms with Gasteiger partial charge in [-0.15, -0.1) is 0 Å². The minimum atomic E-state index is -0.299. The average Bonchev–Trinajstić information content (AvgIpc) is 2.83. The van der Waals surface area contributed by atoms with Gasteiger partial charge in [0.2, 0.25) is 0 Å². The van der Waals surface area contributed by atoms with Crippen molar-refractivity contribution in [2.24, 2.45) is 0 Å². The highest BCUT2D eigenvalue weighted by Gasteiger charge is 2.15. The standard InChI is InChI=1S/C14H21BrN2O/c1-11-8-12(4-5-14(11)15)16-9-13(18)10-17-6-2-3-7-17/h4-5,8,13,16,18H,2-3,6-7,9-10H2,1H3. The molecule has 1 aliphatic heterocycles. The molecule has 0 aliphatic carbocycles. The number of anilines is 1. The molecule has 2 N–H and O–H groups in total. The first-order valence-electron chi connectivity index (χ1n) is 6.55. The van der Waals surface area contributed by atoms with Gasteiger partial charge in [-0.3, -0.25) is 0 Å². The van der Waals surface area contributed by atoms with E-state index in [0.29, 0.717) is 6.54 Å². The molecule has 1 atom stereocenters. The van der Waals surface area contributed by atoms with Crippen LogP contribution in [0.2, 0.25) is 0 Å². The molecule has 0 bridgehead atoms. The Morgan fingerprint density at radius 3 is 2.78 bits per heavy atom. The molecule has 2 rings (SSSR count). The van der Waals surface area contributed by atoms with E-state index in [1.807, 2.05) is 12.1 Å². The number of nitrogens with zero attached hydrogens (tertiary/aromatic N) is 1. The number of aliphatic hydroxyl groups excluding tert-OH is 1. The molecule has 1 saturated heterocycles. The Morgan fingerprint density at radius 2 is 2.11 bits per heavy atom. The Kier molecular flexibility index (Phi) is 5.03. The summed E-state index contributed by atoms with van der Waals surface area (Å²) < 4.78 is 1.12. The molecule has 1 unspecified atom stereocenters. The van der Waals surface area contributed by atoms with Crippen LogP contribution < -0.4 is 5.32 Å². The molecule has 0 amide bonds. The maximum Gasteiger partial charge on any atom is 0.0839 e. The van der Waals surface area contributed by atoms with Crippen molar-refractivity contribution in [3.8, 4) is 0 Å². The number of benzene rings is 1. The molecule has 4 heteroatoms. The predicted octanol–water partition coefficient (Wildman–Crippen LogP) is 2.63. The number of hydrogen-bond acceptors (Lipinski definition) is 3. The minimum absolute atomic E-state index is 0.299. The second-order valence-corrected chi connectivity index (χ2v) is 5.86. The zero-order valence-electron chi connectivity index (χ0n) is 10.8. The van der Waals surface area contributed by atoms with Gasteiger partial charge < -0.3 is 15.3 Å². The Balaban J connectivity index is 1.77. The fourth-order valence-electron chi connectivity index (χ4n) is 2.32. The largest absolute Gasteiger partial charge is 0.390 e. The van der Waals surface area contributed by atoms with Gasteiger partial charge in [0, 0.05) is 23.2 Å². The molecule has 0 spiro atoms. The summed E-state index contributed by atoms with van der Waals surface area (Å²) in [4.78, 5) is 2.33. The Labute approximate surface area is 117 Å². The Hall–Kier alpha value is -0.580. The number of likely N-dealkylation sites (tertiary alicyclic amines) is 1. The number of β-amino-alcohol motifs (C(OH)–C–C–N with tert-alkyl or cyclic N) is 1. The lowest BCUT2D eigenvalue weighted by atomic mass is 10.2. The number of aliphatic hydroxyl groups is 1. The molecule has 0 saturated carbocycles. The minimum Gasteiger partial charge on any atom is -0.390 e. The van der Waals surface area contributed by atoms with Crippen molar-refractivity contribution in [3.05, 3.63) is 28.2 Å². The Morgan fingerprint density at radius 1 is 1.39 bits per heavy atom. The third-order valence-corrected chi connectivity index (χ3v) is 4.26. The van der Waals surface area contributed by atoms with E-state index >= 15 is 0 Å². The summed E-state index contributed by atoms with van der Waals surface area (Å²) >= 11 is 3.48. The van der Waals surface area contributed by atoms with Crippen LogP contribution in [0.15, 0.2) is 22.7 Å². The summed E-state index contributed by atoms with van der Waals surface area (Å²) in [6.45, 7) is 5.72. The highest BCUT2D eigenvalue weighted by Crippen LogP contribution is 2.20. The maximum atomic E-state index is 9.98. The highest BCUT2D eigenvalue weighted by atomic mass is 79.9. The first kappa shape index (κ1) is 13.8. The van der Waals surface area contributed by atoms with Gasteiger partial charge in [-0.25, -0.2) is 0 Å². The third kappa shape index (κ3) is 3.97. The van der Waals surface area contributed by atoms with E-state index in [0.717, 1.165) is 29.8 Å². The number of hydrogen-bond donors (Lipinski definition) is 2. The van der Waals surface area contributed by atoms with Crippen LogP contribution in [-0.2, 0) is 0 Å². The fraction of sp³-hybridized carbons (Fsp3) is 0.571. The molecule has 1 fully saturated rings. The van der Waals surface area contributed by atoms with Crippen LogP contribution in [-0.4, -0.2) is 42.3 Å². The molecule has 1 aromatic rings. The smallest absolute Gasteiger partial charge is 0.0839 e. The quantitative estimate of drug-likeness (QED) is 0.877. The predicted molar refractivity (Wildman–Crippen MR) is 79.0 cm³/mol. The van der Waals surface area contributed by atoms with Crippen LogP contribution in [0.3, 0.4) is 0 Å². The molecular weight excluding hydrogens is 292 g/mol. The SMILES string of the molecule is Cc1cc(NCC(O)CN2CCCC2)ccc1Br. The molecule has 100 valence electrons. The number of halogens is 1. The van der Waals surface area contributed by atoms with E-state index in [1.54, 1.807) is 0 Å². The number of rotatable bonds is 5. The van der Waals surface area contributed by atoms with E-state index in [2.05, 4.69) is 39.1 Å². The normalized spacial score (nSPS) is 17.9. The second-order valence-electron chi connectivity index (χ2n) is 5.01. The van der Waals surface area contributed by atoms with Gasteiger partial charge >= 0.3 is 0 Å². The maximum absolute atomic E-state index is 9.98. The lowest BCUT2D eigenvalue weighted by Gasteiger charge is -2.20. The second kappa shape index (κ2) is 6.55. The molecule has 18 heavy (non-hydrogen) atoms. The lowest BCUT2D eigenvalue weighted by molar-refractivity contribution is 0.135. The van der Waals surface area contributed by atoms with Crippen LogP contribution in [0.1, 0.15) is 18.4 Å². The van der Waals surface area contributed by atoms with Crippen LogP contribution in [0.4, 0.5) is 5.69 Å². The molecule has 1 heterocycles. The first-order chi connectivity index (χ1) is 8.65. The van der Waals surface area contributed by atoms with Gasteiger partial charge in [-0.1, -0.05) is 15.9 Å². The van der Waals surface area contributed by atoms with E-state index in [-0.39, 0.29) is 6.10 Å². The summed E-state index contributed by atoms with van der Waals surface area (Å²) in [5.74, 6) is 0. The zero-order valence-corrected chi connectivity index (χ0v) is 12.4. The van der Waals surface area contributed by atoms with Crippen molar-refractivity contribution < 1.29 is 5.11 Å². The van der Waals surface area contributed by atoms with Crippen LogP contribution in [0.25, 0.3) is 0 Å². The molecular formula is C14H21BrN2O. The van der Waals surface area contributed by atoms with Gasteiger partial charge in [0.1, 0.15) is 0 Å². The Bertz CT molecular complexity index is 391. The van der Waals surface area contributed by atoms with Crippen molar-refractivity contribution in [2.45, 2.75) is 25.9 Å². The van der Waals surface area contributed by atoms with Crippen molar-refractivity contribution >= 4 is 21.6 Å². The van der Waals surface area contributed by atoms with Crippen LogP contribution in [0, 0.1) is 6.92 Å². The van der Waals surface area contributed by atoms with Gasteiger partial charge in [-0.2, -0.15) is 0 Å². The van der Waals surface area contributed by atoms with Gasteiger partial charge in [0.25, 0.3) is 0 Å². The van der Waals surface area contributed by atoms with Crippen molar-refractivity contribution in [3.63, 3.8) is 0 Å². The average molecular weight is 313 g/mol. The van der Waals surface area contributed by atoms with E-state index in [9.17, 15) is 5.11 Å². The van der Waals surface area contributed by atoms with Gasteiger partial charge in [-0.05, 0) is 56.6 Å². The summed E-state index contributed by atoms with van der Waals surface area (Å²) in [7, 11) is 0. The van der Waals surface area contributed by atoms with E-state index in [1.165, 1.54) is 18.4 Å². The highest BCUT2D eigenvalue weighted by molar-refractivity contribution is 9.10. The third-order valence-electron chi connectivity index (χ3n) is 3.37. The molecule has 0 aromatic heterocycles. The van der Waals surface area contributed by atoms with Crippen LogP contribution >= 0.6 is 15.9 Å². The summed E-state index contributed by atoms with van der Waals surface area (Å²) in [6, 6.07) is 6.15. The lowest BCUT2D eigenvalue weighted by Crippen LogP contribution is -2.34. The van der Waals surface area contributed by atoms with Crippen LogP contribution in [0.5, 0.6) is 0 Å². The summed E-state index contributed by atoms with van der Waals surface area (Å²) in [6.07, 6.45) is 2.24.